The highest BCUT2D eigenvalue weighted by atomic mass is 35.5. The number of fused-ring (bicyclic) bond motifs is 1. The van der Waals surface area contributed by atoms with E-state index in [9.17, 15) is 13.2 Å². The van der Waals surface area contributed by atoms with Crippen molar-refractivity contribution in [1.82, 2.24) is 0 Å². The Morgan fingerprint density at radius 1 is 1.03 bits per heavy atom. The van der Waals surface area contributed by atoms with Crippen molar-refractivity contribution in [2.75, 3.05) is 15.5 Å². The van der Waals surface area contributed by atoms with Crippen molar-refractivity contribution in [1.29, 1.82) is 0 Å². The van der Waals surface area contributed by atoms with Crippen LogP contribution in [0.4, 0.5) is 11.4 Å². The van der Waals surface area contributed by atoms with Crippen molar-refractivity contribution in [3.63, 3.8) is 0 Å². The van der Waals surface area contributed by atoms with Crippen LogP contribution in [-0.2, 0) is 23.0 Å². The van der Waals surface area contributed by atoms with E-state index in [4.69, 9.17) is 11.6 Å². The van der Waals surface area contributed by atoms with E-state index in [-0.39, 0.29) is 18.5 Å². The lowest BCUT2D eigenvalue weighted by atomic mass is 10.1. The van der Waals surface area contributed by atoms with Crippen LogP contribution in [0.1, 0.15) is 28.4 Å². The monoisotopic (exact) mass is 454 g/mol. The highest BCUT2D eigenvalue weighted by Gasteiger charge is 2.31. The van der Waals surface area contributed by atoms with Gasteiger partial charge in [-0.25, -0.2) is 8.42 Å². The summed E-state index contributed by atoms with van der Waals surface area (Å²) in [6, 6.07) is 21.8. The second-order valence-electron chi connectivity index (χ2n) is 7.80. The van der Waals surface area contributed by atoms with Crippen molar-refractivity contribution >= 4 is 38.9 Å². The smallest absolute Gasteiger partial charge is 0.258 e. The number of benzene rings is 3. The highest BCUT2D eigenvalue weighted by Crippen LogP contribution is 2.33. The van der Waals surface area contributed by atoms with Crippen LogP contribution in [0.15, 0.2) is 72.8 Å². The summed E-state index contributed by atoms with van der Waals surface area (Å²) in [7, 11) is -3.52. The SMILES string of the molecule is C[C@@H]1Cc2ccccc2N1C(=O)c1ccc(N(Cc2ccc(Cl)cc2)S(C)(=O)=O)cc1. The molecule has 5 nitrogen and oxygen atoms in total. The fraction of sp³-hybridized carbons (Fsp3) is 0.208. The molecule has 0 aliphatic carbocycles. The Hall–Kier alpha value is -2.83. The Balaban J connectivity index is 1.60. The Labute approximate surface area is 187 Å². The number of sulfonamides is 1. The summed E-state index contributed by atoms with van der Waals surface area (Å²) in [6.45, 7) is 2.21. The zero-order valence-corrected chi connectivity index (χ0v) is 18.9. The van der Waals surface area contributed by atoms with Gasteiger partial charge in [-0.05, 0) is 66.9 Å². The molecule has 0 saturated carbocycles. The Morgan fingerprint density at radius 2 is 1.68 bits per heavy atom. The number of rotatable bonds is 5. The van der Waals surface area contributed by atoms with E-state index in [2.05, 4.69) is 0 Å². The minimum absolute atomic E-state index is 0.0713. The molecule has 0 aromatic heterocycles. The molecule has 31 heavy (non-hydrogen) atoms. The molecule has 7 heteroatoms. The number of nitrogens with zero attached hydrogens (tertiary/aromatic N) is 2. The van der Waals surface area contributed by atoms with Gasteiger partial charge in [-0.3, -0.25) is 9.10 Å². The summed E-state index contributed by atoms with van der Waals surface area (Å²) in [5.74, 6) is -0.0902. The molecule has 1 atom stereocenters. The molecule has 1 aliphatic rings. The first-order chi connectivity index (χ1) is 14.7. The summed E-state index contributed by atoms with van der Waals surface area (Å²) < 4.78 is 26.2. The lowest BCUT2D eigenvalue weighted by Gasteiger charge is -2.24. The van der Waals surface area contributed by atoms with Crippen molar-refractivity contribution in [3.05, 3.63) is 94.5 Å². The van der Waals surface area contributed by atoms with Crippen LogP contribution in [0.2, 0.25) is 5.02 Å². The molecule has 0 saturated heterocycles. The Bertz CT molecular complexity index is 1210. The first kappa shape index (κ1) is 21.4. The zero-order valence-electron chi connectivity index (χ0n) is 17.3. The number of amides is 1. The van der Waals surface area contributed by atoms with Gasteiger partial charge in [0.2, 0.25) is 10.0 Å². The van der Waals surface area contributed by atoms with Gasteiger partial charge in [-0.15, -0.1) is 0 Å². The van der Waals surface area contributed by atoms with E-state index in [0.717, 1.165) is 23.2 Å². The zero-order chi connectivity index (χ0) is 22.2. The lowest BCUT2D eigenvalue weighted by molar-refractivity contribution is 0.0981. The third kappa shape index (κ3) is 4.45. The molecule has 160 valence electrons. The third-order valence-corrected chi connectivity index (χ3v) is 6.86. The molecule has 0 bridgehead atoms. The van der Waals surface area contributed by atoms with E-state index in [0.29, 0.717) is 16.3 Å². The largest absolute Gasteiger partial charge is 0.305 e. The predicted molar refractivity (Wildman–Crippen MR) is 125 cm³/mol. The van der Waals surface area contributed by atoms with Crippen molar-refractivity contribution in [2.45, 2.75) is 25.9 Å². The van der Waals surface area contributed by atoms with Crippen molar-refractivity contribution in [2.24, 2.45) is 0 Å². The number of para-hydroxylation sites is 1. The third-order valence-electron chi connectivity index (χ3n) is 5.47. The van der Waals surface area contributed by atoms with Gasteiger partial charge in [-0.2, -0.15) is 0 Å². The van der Waals surface area contributed by atoms with Gasteiger partial charge in [0.25, 0.3) is 5.91 Å². The molecule has 3 aromatic rings. The van der Waals surface area contributed by atoms with Crippen molar-refractivity contribution in [3.8, 4) is 0 Å². The van der Waals surface area contributed by atoms with Gasteiger partial charge in [-0.1, -0.05) is 41.9 Å². The maximum atomic E-state index is 13.2. The molecule has 1 heterocycles. The van der Waals surface area contributed by atoms with Gasteiger partial charge >= 0.3 is 0 Å². The number of anilines is 2. The first-order valence-corrected chi connectivity index (χ1v) is 12.2. The molecule has 0 unspecified atom stereocenters. The van der Waals surface area contributed by atoms with Crippen LogP contribution in [0.3, 0.4) is 0 Å². The molecular weight excluding hydrogens is 432 g/mol. The number of carbonyl (C=O) groups excluding carboxylic acids is 1. The quantitative estimate of drug-likeness (QED) is 0.551. The minimum Gasteiger partial charge on any atom is -0.305 e. The molecule has 0 fully saturated rings. The lowest BCUT2D eigenvalue weighted by Crippen LogP contribution is -2.35. The van der Waals surface area contributed by atoms with Gasteiger partial charge < -0.3 is 4.90 Å². The summed E-state index contributed by atoms with van der Waals surface area (Å²) >= 11 is 5.93. The van der Waals surface area contributed by atoms with Crippen LogP contribution in [0.5, 0.6) is 0 Å². The number of hydrogen-bond donors (Lipinski definition) is 0. The van der Waals surface area contributed by atoms with Gasteiger partial charge in [0.15, 0.2) is 0 Å². The van der Waals surface area contributed by atoms with Crippen LogP contribution < -0.4 is 9.21 Å². The summed E-state index contributed by atoms with van der Waals surface area (Å²) in [4.78, 5) is 15.0. The topological polar surface area (TPSA) is 57.7 Å². The summed E-state index contributed by atoms with van der Waals surface area (Å²) in [5.41, 5.74) is 3.93. The molecule has 0 N–H and O–H groups in total. The molecule has 1 amide bonds. The van der Waals surface area contributed by atoms with Gasteiger partial charge in [0, 0.05) is 22.3 Å². The van der Waals surface area contributed by atoms with E-state index >= 15 is 0 Å². The molecule has 1 aliphatic heterocycles. The molecular formula is C24H23ClN2O3S. The predicted octanol–water partition coefficient (Wildman–Crippen LogP) is 4.90. The van der Waals surface area contributed by atoms with Crippen LogP contribution in [0, 0.1) is 0 Å². The summed E-state index contributed by atoms with van der Waals surface area (Å²) in [6.07, 6.45) is 1.99. The maximum absolute atomic E-state index is 13.2. The van der Waals surface area contributed by atoms with E-state index in [1.54, 1.807) is 48.5 Å². The van der Waals surface area contributed by atoms with Crippen LogP contribution in [-0.4, -0.2) is 26.6 Å². The number of carbonyl (C=O) groups is 1. The second-order valence-corrected chi connectivity index (χ2v) is 10.1. The standard InChI is InChI=1S/C24H23ClN2O3S/c1-17-15-20-5-3-4-6-23(20)27(17)24(28)19-9-13-22(14-10-19)26(31(2,29)30)16-18-7-11-21(25)12-8-18/h3-14,17H,15-16H2,1-2H3/t17-/m1/s1. The molecule has 3 aromatic carbocycles. The van der Waals surface area contributed by atoms with E-state index in [1.807, 2.05) is 36.1 Å². The first-order valence-electron chi connectivity index (χ1n) is 9.98. The maximum Gasteiger partial charge on any atom is 0.258 e. The highest BCUT2D eigenvalue weighted by molar-refractivity contribution is 7.92. The van der Waals surface area contributed by atoms with E-state index in [1.165, 1.54) is 10.6 Å². The number of halogens is 1. The van der Waals surface area contributed by atoms with E-state index < -0.39 is 10.0 Å². The van der Waals surface area contributed by atoms with Crippen LogP contribution >= 0.6 is 11.6 Å². The Kier molecular flexibility index (Phi) is 5.77. The van der Waals surface area contributed by atoms with Gasteiger partial charge in [0.1, 0.15) is 0 Å². The fourth-order valence-electron chi connectivity index (χ4n) is 3.94. The normalized spacial score (nSPS) is 15.6. The fourth-order valence-corrected chi connectivity index (χ4v) is 4.95. The molecule has 0 spiro atoms. The second kappa shape index (κ2) is 8.36. The molecule has 4 rings (SSSR count). The minimum atomic E-state index is -3.52. The van der Waals surface area contributed by atoms with Crippen LogP contribution in [0.25, 0.3) is 0 Å². The van der Waals surface area contributed by atoms with Gasteiger partial charge in [0.05, 0.1) is 18.5 Å². The number of hydrogen-bond acceptors (Lipinski definition) is 3. The molecule has 0 radical (unpaired) electrons. The summed E-state index contributed by atoms with van der Waals surface area (Å²) in [5, 5.41) is 0.593. The average molecular weight is 455 g/mol. The van der Waals surface area contributed by atoms with Crippen molar-refractivity contribution < 1.29 is 13.2 Å². The Morgan fingerprint density at radius 3 is 2.32 bits per heavy atom. The average Bonchev–Trinajstić information content (AvgIpc) is 3.08.